The quantitative estimate of drug-likeness (QED) is 0.314. The second-order valence-electron chi connectivity index (χ2n) is 2.72. The number of rotatable bonds is 3. The summed E-state index contributed by atoms with van der Waals surface area (Å²) in [6.45, 7) is 0.159. The maximum atomic E-state index is 10.9. The van der Waals surface area contributed by atoms with E-state index in [4.69, 9.17) is 16.0 Å². The van der Waals surface area contributed by atoms with Crippen LogP contribution in [0, 0.1) is 5.41 Å². The van der Waals surface area contributed by atoms with Crippen molar-refractivity contribution in [3.05, 3.63) is 35.9 Å². The molecule has 0 aliphatic rings. The van der Waals surface area contributed by atoms with Crippen LogP contribution in [0.15, 0.2) is 30.3 Å². The normalized spacial score (nSPS) is 9.67. The monoisotopic (exact) mass is 225 g/mol. The number of hydroxylamine groups is 2. The third kappa shape index (κ3) is 3.61. The van der Waals surface area contributed by atoms with Gasteiger partial charge in [0.25, 0.3) is 0 Å². The van der Waals surface area contributed by atoms with Crippen molar-refractivity contribution in [2.24, 2.45) is 5.73 Å². The molecule has 0 heterocycles. The Kier molecular flexibility index (Phi) is 4.14. The average molecular weight is 225 g/mol. The highest BCUT2D eigenvalue weighted by Gasteiger charge is 2.13. The zero-order chi connectivity index (χ0) is 11.3. The van der Waals surface area contributed by atoms with Crippen LogP contribution in [-0.4, -0.2) is 16.3 Å². The Morgan fingerprint density at radius 3 is 2.53 bits per heavy atom. The lowest BCUT2D eigenvalue weighted by atomic mass is 10.2. The van der Waals surface area contributed by atoms with Gasteiger partial charge < -0.3 is 5.73 Å². The van der Waals surface area contributed by atoms with Crippen LogP contribution in [0.25, 0.3) is 0 Å². The van der Waals surface area contributed by atoms with Gasteiger partial charge in [0, 0.05) is 0 Å². The van der Waals surface area contributed by atoms with Gasteiger partial charge in [-0.25, -0.2) is 0 Å². The van der Waals surface area contributed by atoms with Crippen molar-refractivity contribution in [2.75, 3.05) is 0 Å². The third-order valence-corrected chi connectivity index (χ3v) is 1.78. The van der Waals surface area contributed by atoms with Crippen molar-refractivity contribution in [1.82, 2.24) is 5.06 Å². The van der Waals surface area contributed by atoms with Crippen LogP contribution < -0.4 is 5.73 Å². The first-order valence-electron chi connectivity index (χ1n) is 4.15. The average Bonchev–Trinajstić information content (AvgIpc) is 2.18. The van der Waals surface area contributed by atoms with E-state index in [1.807, 2.05) is 30.3 Å². The van der Waals surface area contributed by atoms with Gasteiger partial charge in [0.05, 0.1) is 0 Å². The number of hydrogen-bond donors (Lipinski definition) is 3. The Labute approximate surface area is 92.7 Å². The lowest BCUT2D eigenvalue weighted by Crippen LogP contribution is -2.38. The van der Waals surface area contributed by atoms with Crippen molar-refractivity contribution in [3.8, 4) is 0 Å². The van der Waals surface area contributed by atoms with Gasteiger partial charge in [-0.2, -0.15) is 0 Å². The lowest BCUT2D eigenvalue weighted by molar-refractivity contribution is -0.0665. The van der Waals surface area contributed by atoms with Crippen molar-refractivity contribution >= 4 is 23.8 Å². The molecule has 0 saturated carbocycles. The number of thiol groups is 1. The predicted molar refractivity (Wildman–Crippen MR) is 59.4 cm³/mol. The fourth-order valence-corrected chi connectivity index (χ4v) is 1.11. The minimum atomic E-state index is -0.724. The van der Waals surface area contributed by atoms with E-state index in [2.05, 4.69) is 12.6 Å². The SMILES string of the molecule is N=C(N)N(OCc1ccccc1)C(=O)S. The molecule has 80 valence electrons. The minimum absolute atomic E-state index is 0.159. The summed E-state index contributed by atoms with van der Waals surface area (Å²) in [6.07, 6.45) is 0. The highest BCUT2D eigenvalue weighted by Crippen LogP contribution is 2.04. The first kappa shape index (κ1) is 11.5. The second-order valence-corrected chi connectivity index (χ2v) is 3.10. The highest BCUT2D eigenvalue weighted by atomic mass is 32.1. The van der Waals surface area contributed by atoms with E-state index in [1.165, 1.54) is 0 Å². The van der Waals surface area contributed by atoms with E-state index in [9.17, 15) is 4.79 Å². The molecule has 3 N–H and O–H groups in total. The maximum Gasteiger partial charge on any atom is 0.309 e. The van der Waals surface area contributed by atoms with Gasteiger partial charge in [0.15, 0.2) is 0 Å². The van der Waals surface area contributed by atoms with Crippen LogP contribution in [0.2, 0.25) is 0 Å². The molecule has 1 aromatic rings. The standard InChI is InChI=1S/C9H11N3O2S/c10-8(11)12(9(13)15)14-6-7-4-2-1-3-5-7/h1-5H,6H2,(H3,10,11)(H,13,15). The second kappa shape index (κ2) is 5.38. The van der Waals surface area contributed by atoms with E-state index in [0.29, 0.717) is 5.06 Å². The Balaban J connectivity index is 2.55. The van der Waals surface area contributed by atoms with Crippen LogP contribution in [0.1, 0.15) is 5.56 Å². The van der Waals surface area contributed by atoms with Gasteiger partial charge in [-0.3, -0.25) is 15.0 Å². The predicted octanol–water partition coefficient (Wildman–Crippen LogP) is 1.36. The summed E-state index contributed by atoms with van der Waals surface area (Å²) >= 11 is 3.52. The van der Waals surface area contributed by atoms with E-state index in [0.717, 1.165) is 5.56 Å². The summed E-state index contributed by atoms with van der Waals surface area (Å²) in [5.74, 6) is -0.495. The van der Waals surface area contributed by atoms with Crippen molar-refractivity contribution in [1.29, 1.82) is 5.41 Å². The fraction of sp³-hybridized carbons (Fsp3) is 0.111. The van der Waals surface area contributed by atoms with Crippen LogP contribution in [0.3, 0.4) is 0 Å². The van der Waals surface area contributed by atoms with Gasteiger partial charge in [-0.15, -0.1) is 5.06 Å². The molecule has 0 unspecified atom stereocenters. The molecular weight excluding hydrogens is 214 g/mol. The number of nitrogens with one attached hydrogen (secondary N) is 1. The Bertz CT molecular complexity index is 342. The number of hydrogen-bond acceptors (Lipinski definition) is 3. The van der Waals surface area contributed by atoms with Gasteiger partial charge in [-0.1, -0.05) is 43.0 Å². The van der Waals surface area contributed by atoms with E-state index >= 15 is 0 Å². The Hall–Kier alpha value is -1.53. The summed E-state index contributed by atoms with van der Waals surface area (Å²) in [5.41, 5.74) is 5.99. The molecular formula is C9H11N3O2S. The number of nitrogens with two attached hydrogens (primary N) is 1. The van der Waals surface area contributed by atoms with Gasteiger partial charge in [0.1, 0.15) is 6.61 Å². The van der Waals surface area contributed by atoms with Crippen molar-refractivity contribution in [3.63, 3.8) is 0 Å². The van der Waals surface area contributed by atoms with E-state index in [1.54, 1.807) is 0 Å². The Morgan fingerprint density at radius 1 is 1.47 bits per heavy atom. The fourth-order valence-electron chi connectivity index (χ4n) is 0.941. The number of amides is 1. The molecule has 0 aromatic heterocycles. The molecule has 15 heavy (non-hydrogen) atoms. The summed E-state index contributed by atoms with van der Waals surface area (Å²) in [4.78, 5) is 15.9. The topological polar surface area (TPSA) is 79.4 Å². The molecule has 0 saturated heterocycles. The molecule has 0 spiro atoms. The van der Waals surface area contributed by atoms with Gasteiger partial charge >= 0.3 is 5.24 Å². The zero-order valence-electron chi connectivity index (χ0n) is 7.88. The highest BCUT2D eigenvalue weighted by molar-refractivity contribution is 7.96. The minimum Gasteiger partial charge on any atom is -0.368 e. The zero-order valence-corrected chi connectivity index (χ0v) is 8.78. The molecule has 0 aliphatic carbocycles. The molecule has 0 radical (unpaired) electrons. The molecule has 1 amide bonds. The molecule has 1 aromatic carbocycles. The molecule has 0 fully saturated rings. The van der Waals surface area contributed by atoms with Crippen LogP contribution in [0.4, 0.5) is 4.79 Å². The number of carbonyl (C=O) groups excluding carboxylic acids is 1. The van der Waals surface area contributed by atoms with E-state index < -0.39 is 11.2 Å². The lowest BCUT2D eigenvalue weighted by Gasteiger charge is -2.16. The largest absolute Gasteiger partial charge is 0.368 e. The number of nitrogens with zero attached hydrogens (tertiary/aromatic N) is 1. The van der Waals surface area contributed by atoms with Crippen molar-refractivity contribution in [2.45, 2.75) is 6.61 Å². The summed E-state index contributed by atoms with van der Waals surface area (Å²) in [6, 6.07) is 9.23. The smallest absolute Gasteiger partial charge is 0.309 e. The molecule has 5 nitrogen and oxygen atoms in total. The number of guanidine groups is 1. The van der Waals surface area contributed by atoms with Crippen LogP contribution in [-0.2, 0) is 11.4 Å². The summed E-state index contributed by atoms with van der Waals surface area (Å²) < 4.78 is 0. The maximum absolute atomic E-state index is 10.9. The number of benzene rings is 1. The first-order valence-corrected chi connectivity index (χ1v) is 4.60. The molecule has 6 heteroatoms. The van der Waals surface area contributed by atoms with E-state index in [-0.39, 0.29) is 6.61 Å². The third-order valence-electron chi connectivity index (χ3n) is 1.60. The molecule has 0 bridgehead atoms. The molecule has 1 rings (SSSR count). The van der Waals surface area contributed by atoms with Crippen LogP contribution in [0.5, 0.6) is 0 Å². The first-order chi connectivity index (χ1) is 7.11. The Morgan fingerprint density at radius 2 is 2.07 bits per heavy atom. The molecule has 0 aliphatic heterocycles. The number of carbonyl (C=O) groups is 1. The van der Waals surface area contributed by atoms with Crippen molar-refractivity contribution < 1.29 is 9.63 Å². The van der Waals surface area contributed by atoms with Gasteiger partial charge in [-0.05, 0) is 5.56 Å². The molecule has 0 atom stereocenters. The van der Waals surface area contributed by atoms with Gasteiger partial charge in [0.2, 0.25) is 5.96 Å². The van der Waals surface area contributed by atoms with Crippen LogP contribution >= 0.6 is 12.6 Å². The summed E-state index contributed by atoms with van der Waals surface area (Å²) in [5, 5.41) is 6.95. The summed E-state index contributed by atoms with van der Waals surface area (Å²) in [7, 11) is 0.